The van der Waals surface area contributed by atoms with E-state index in [4.69, 9.17) is 14.5 Å². The quantitative estimate of drug-likeness (QED) is 0.197. The van der Waals surface area contributed by atoms with Crippen LogP contribution in [0.3, 0.4) is 0 Å². The van der Waals surface area contributed by atoms with Crippen molar-refractivity contribution in [2.75, 3.05) is 33.4 Å². The van der Waals surface area contributed by atoms with Crippen LogP contribution in [0.4, 0.5) is 0 Å². The third kappa shape index (κ3) is 9.10. The lowest BCUT2D eigenvalue weighted by Gasteiger charge is -2.38. The van der Waals surface area contributed by atoms with Gasteiger partial charge in [-0.15, -0.1) is 24.0 Å². The van der Waals surface area contributed by atoms with E-state index in [1.165, 1.54) is 5.56 Å². The molecular weight excluding hydrogens is 529 g/mol. The van der Waals surface area contributed by atoms with Crippen LogP contribution in [0.25, 0.3) is 0 Å². The van der Waals surface area contributed by atoms with Gasteiger partial charge < -0.3 is 20.1 Å². The van der Waals surface area contributed by atoms with Crippen LogP contribution in [0.1, 0.15) is 37.8 Å². The fourth-order valence-electron chi connectivity index (χ4n) is 3.98. The molecule has 3 rings (SSSR count). The Morgan fingerprint density at radius 3 is 2.73 bits per heavy atom. The lowest BCUT2D eigenvalue weighted by molar-refractivity contribution is 0.134. The molecule has 0 bridgehead atoms. The van der Waals surface area contributed by atoms with Gasteiger partial charge in [0, 0.05) is 50.6 Å². The first-order valence-electron chi connectivity index (χ1n) is 11.6. The van der Waals surface area contributed by atoms with Crippen LogP contribution in [0.2, 0.25) is 0 Å². The van der Waals surface area contributed by atoms with E-state index in [0.717, 1.165) is 44.0 Å². The summed E-state index contributed by atoms with van der Waals surface area (Å²) >= 11 is 0. The number of aromatic nitrogens is 1. The fraction of sp³-hybridized carbons (Fsp3) is 0.520. The van der Waals surface area contributed by atoms with Crippen LogP contribution < -0.4 is 15.4 Å². The summed E-state index contributed by atoms with van der Waals surface area (Å²) in [5.41, 5.74) is 2.34. The number of methoxy groups -OCH3 is 1. The maximum absolute atomic E-state index is 5.74. The van der Waals surface area contributed by atoms with Gasteiger partial charge in [-0.25, -0.2) is 9.98 Å². The van der Waals surface area contributed by atoms with Gasteiger partial charge >= 0.3 is 0 Å². The van der Waals surface area contributed by atoms with E-state index in [-0.39, 0.29) is 24.0 Å². The summed E-state index contributed by atoms with van der Waals surface area (Å²) in [6.07, 6.45) is 3.93. The van der Waals surface area contributed by atoms with E-state index in [0.29, 0.717) is 37.7 Å². The maximum atomic E-state index is 5.74. The number of pyridine rings is 1. The molecule has 7 nitrogen and oxygen atoms in total. The largest absolute Gasteiger partial charge is 0.475 e. The highest BCUT2D eigenvalue weighted by Gasteiger charge is 2.26. The van der Waals surface area contributed by atoms with Gasteiger partial charge in [-0.1, -0.05) is 36.4 Å². The minimum Gasteiger partial charge on any atom is -0.475 e. The number of halogens is 1. The number of hydrogen-bond acceptors (Lipinski definition) is 5. The summed E-state index contributed by atoms with van der Waals surface area (Å²) in [6.45, 7) is 8.83. The number of piperidine rings is 1. The third-order valence-corrected chi connectivity index (χ3v) is 5.71. The van der Waals surface area contributed by atoms with Crippen molar-refractivity contribution in [1.82, 2.24) is 20.5 Å². The minimum absolute atomic E-state index is 0. The Morgan fingerprint density at radius 2 is 2.00 bits per heavy atom. The molecule has 0 spiro atoms. The molecular formula is C25H38IN5O2. The number of benzene rings is 1. The van der Waals surface area contributed by atoms with E-state index in [2.05, 4.69) is 64.7 Å². The van der Waals surface area contributed by atoms with Crippen molar-refractivity contribution in [2.24, 2.45) is 4.99 Å². The van der Waals surface area contributed by atoms with Gasteiger partial charge in [0.15, 0.2) is 5.96 Å². The lowest BCUT2D eigenvalue weighted by Crippen LogP contribution is -2.51. The zero-order chi connectivity index (χ0) is 22.6. The Kier molecular flexibility index (Phi) is 12.5. The molecule has 1 aliphatic heterocycles. The SMILES string of the molecule is CCNC(=NCc1cccnc1OCCOC)NC1CCN(Cc2ccccc2)C(C)C1.I. The molecule has 1 aromatic heterocycles. The summed E-state index contributed by atoms with van der Waals surface area (Å²) in [4.78, 5) is 11.7. The van der Waals surface area contributed by atoms with Crippen molar-refractivity contribution in [3.05, 3.63) is 59.8 Å². The van der Waals surface area contributed by atoms with Crippen LogP contribution >= 0.6 is 24.0 Å². The van der Waals surface area contributed by atoms with Gasteiger partial charge in [0.2, 0.25) is 5.88 Å². The second-order valence-electron chi connectivity index (χ2n) is 8.17. The zero-order valence-corrected chi connectivity index (χ0v) is 22.3. The number of likely N-dealkylation sites (tertiary alicyclic amines) is 1. The van der Waals surface area contributed by atoms with Gasteiger partial charge in [-0.05, 0) is 38.3 Å². The normalized spacial score (nSPS) is 18.9. The number of aliphatic imine (C=N–C) groups is 1. The Hall–Kier alpha value is -1.91. The first-order valence-corrected chi connectivity index (χ1v) is 11.6. The number of nitrogens with one attached hydrogen (secondary N) is 2. The maximum Gasteiger partial charge on any atom is 0.218 e. The van der Waals surface area contributed by atoms with Crippen LogP contribution in [-0.4, -0.2) is 61.3 Å². The van der Waals surface area contributed by atoms with E-state index >= 15 is 0 Å². The van der Waals surface area contributed by atoms with E-state index in [9.17, 15) is 0 Å². The Labute approximate surface area is 215 Å². The summed E-state index contributed by atoms with van der Waals surface area (Å²) in [5, 5.41) is 7.03. The Bertz CT molecular complexity index is 837. The van der Waals surface area contributed by atoms with Crippen LogP contribution in [0.15, 0.2) is 53.7 Å². The van der Waals surface area contributed by atoms with Crippen molar-refractivity contribution < 1.29 is 9.47 Å². The Balaban J connectivity index is 0.00000385. The second kappa shape index (κ2) is 15.1. The van der Waals surface area contributed by atoms with Crippen molar-refractivity contribution in [2.45, 2.75) is 51.9 Å². The first-order chi connectivity index (χ1) is 15.7. The predicted molar refractivity (Wildman–Crippen MR) is 144 cm³/mol. The van der Waals surface area contributed by atoms with Crippen LogP contribution in [0, 0.1) is 0 Å². The summed E-state index contributed by atoms with van der Waals surface area (Å²) in [5.74, 6) is 1.46. The standard InChI is InChI=1S/C25H37N5O2.HI/c1-4-26-25(28-18-22-11-8-13-27-24(22)32-16-15-31-3)29-23-12-14-30(20(2)17-23)19-21-9-6-5-7-10-21;/h5-11,13,20,23H,4,12,14-19H2,1-3H3,(H2,26,28,29);1H. The molecule has 33 heavy (non-hydrogen) atoms. The van der Waals surface area contributed by atoms with Crippen molar-refractivity contribution in [1.29, 1.82) is 0 Å². The third-order valence-electron chi connectivity index (χ3n) is 5.71. The molecule has 0 radical (unpaired) electrons. The van der Waals surface area contributed by atoms with Gasteiger partial charge in [-0.3, -0.25) is 4.90 Å². The monoisotopic (exact) mass is 567 g/mol. The number of hydrogen-bond donors (Lipinski definition) is 2. The lowest BCUT2D eigenvalue weighted by atomic mass is 9.97. The predicted octanol–water partition coefficient (Wildman–Crippen LogP) is 3.83. The molecule has 0 saturated carbocycles. The first kappa shape index (κ1) is 27.3. The number of nitrogens with zero attached hydrogens (tertiary/aromatic N) is 3. The van der Waals surface area contributed by atoms with E-state index < -0.39 is 0 Å². The van der Waals surface area contributed by atoms with Crippen LogP contribution in [0.5, 0.6) is 5.88 Å². The van der Waals surface area contributed by atoms with E-state index in [1.807, 2.05) is 12.1 Å². The molecule has 2 aromatic rings. The van der Waals surface area contributed by atoms with Gasteiger partial charge in [0.25, 0.3) is 0 Å². The number of rotatable bonds is 10. The Morgan fingerprint density at radius 1 is 1.18 bits per heavy atom. The highest BCUT2D eigenvalue weighted by atomic mass is 127. The highest BCUT2D eigenvalue weighted by Crippen LogP contribution is 2.20. The smallest absolute Gasteiger partial charge is 0.218 e. The fourth-order valence-corrected chi connectivity index (χ4v) is 3.98. The molecule has 182 valence electrons. The van der Waals surface area contributed by atoms with Crippen molar-refractivity contribution in [3.8, 4) is 5.88 Å². The van der Waals surface area contributed by atoms with Crippen molar-refractivity contribution in [3.63, 3.8) is 0 Å². The molecule has 2 N–H and O–H groups in total. The van der Waals surface area contributed by atoms with Crippen molar-refractivity contribution >= 4 is 29.9 Å². The molecule has 8 heteroatoms. The highest BCUT2D eigenvalue weighted by molar-refractivity contribution is 14.0. The summed E-state index contributed by atoms with van der Waals surface area (Å²) in [6, 6.07) is 15.6. The van der Waals surface area contributed by atoms with Gasteiger partial charge in [0.1, 0.15) is 6.61 Å². The molecule has 2 heterocycles. The minimum atomic E-state index is 0. The molecule has 2 unspecified atom stereocenters. The molecule has 1 aromatic carbocycles. The topological polar surface area (TPSA) is 71.0 Å². The van der Waals surface area contributed by atoms with Gasteiger partial charge in [0.05, 0.1) is 13.2 Å². The molecule has 1 saturated heterocycles. The molecule has 0 amide bonds. The zero-order valence-electron chi connectivity index (χ0n) is 20.0. The van der Waals surface area contributed by atoms with Gasteiger partial charge in [-0.2, -0.15) is 0 Å². The summed E-state index contributed by atoms with van der Waals surface area (Å²) in [7, 11) is 1.66. The number of ether oxygens (including phenoxy) is 2. The average molecular weight is 568 g/mol. The average Bonchev–Trinajstić information content (AvgIpc) is 2.81. The molecule has 2 atom stereocenters. The van der Waals surface area contributed by atoms with Crippen LogP contribution in [-0.2, 0) is 17.8 Å². The molecule has 0 aliphatic carbocycles. The second-order valence-corrected chi connectivity index (χ2v) is 8.17. The van der Waals surface area contributed by atoms with E-state index in [1.54, 1.807) is 13.3 Å². The number of guanidine groups is 1. The molecule has 1 fully saturated rings. The summed E-state index contributed by atoms with van der Waals surface area (Å²) < 4.78 is 10.8. The molecule has 1 aliphatic rings.